The first-order chi connectivity index (χ1) is 11.1. The molecule has 0 aromatic carbocycles. The van der Waals surface area contributed by atoms with E-state index in [4.69, 9.17) is 0 Å². The quantitative estimate of drug-likeness (QED) is 0.829. The molecule has 0 saturated carbocycles. The number of rotatable bonds is 4. The van der Waals surface area contributed by atoms with Crippen molar-refractivity contribution in [2.24, 2.45) is 0 Å². The Hall–Kier alpha value is -1.02. The van der Waals surface area contributed by atoms with Crippen LogP contribution in [0.25, 0.3) is 0 Å². The summed E-state index contributed by atoms with van der Waals surface area (Å²) in [6.07, 6.45) is 2.84. The highest BCUT2D eigenvalue weighted by atomic mass is 32.2. The van der Waals surface area contributed by atoms with Crippen molar-refractivity contribution in [2.75, 3.05) is 39.3 Å². The van der Waals surface area contributed by atoms with Gasteiger partial charge in [-0.05, 0) is 44.9 Å². The lowest BCUT2D eigenvalue weighted by molar-refractivity contribution is 0.273. The molecule has 0 bridgehead atoms. The SMILES string of the molecule is Cc1cccc(CN2CCCN(S(=O)(=O)N3CCCC3)CC2)n1. The highest BCUT2D eigenvalue weighted by Gasteiger charge is 2.32. The molecule has 0 atom stereocenters. The summed E-state index contributed by atoms with van der Waals surface area (Å²) in [5.74, 6) is 0. The maximum Gasteiger partial charge on any atom is 0.282 e. The normalized spacial score (nSPS) is 22.3. The van der Waals surface area contributed by atoms with Crippen molar-refractivity contribution in [1.29, 1.82) is 0 Å². The van der Waals surface area contributed by atoms with E-state index in [9.17, 15) is 8.42 Å². The molecule has 2 aliphatic rings. The molecule has 0 N–H and O–H groups in total. The summed E-state index contributed by atoms with van der Waals surface area (Å²) in [4.78, 5) is 6.85. The van der Waals surface area contributed by atoms with Gasteiger partial charge in [0.1, 0.15) is 0 Å². The van der Waals surface area contributed by atoms with Crippen molar-refractivity contribution in [3.63, 3.8) is 0 Å². The van der Waals surface area contributed by atoms with Crippen molar-refractivity contribution in [3.05, 3.63) is 29.6 Å². The predicted molar refractivity (Wildman–Crippen MR) is 90.2 cm³/mol. The minimum Gasteiger partial charge on any atom is -0.296 e. The number of aromatic nitrogens is 1. The fraction of sp³-hybridized carbons (Fsp3) is 0.688. The van der Waals surface area contributed by atoms with Crippen LogP contribution in [0.2, 0.25) is 0 Å². The van der Waals surface area contributed by atoms with Crippen LogP contribution in [0.15, 0.2) is 18.2 Å². The van der Waals surface area contributed by atoms with E-state index < -0.39 is 10.2 Å². The largest absolute Gasteiger partial charge is 0.296 e. The zero-order valence-corrected chi connectivity index (χ0v) is 14.6. The van der Waals surface area contributed by atoms with E-state index in [1.54, 1.807) is 8.61 Å². The molecule has 6 nitrogen and oxygen atoms in total. The molecule has 2 fully saturated rings. The van der Waals surface area contributed by atoms with Crippen LogP contribution < -0.4 is 0 Å². The molecule has 3 heterocycles. The second kappa shape index (κ2) is 7.25. The van der Waals surface area contributed by atoms with Gasteiger partial charge in [0.05, 0.1) is 5.69 Å². The second-order valence-corrected chi connectivity index (χ2v) is 8.34. The lowest BCUT2D eigenvalue weighted by Gasteiger charge is -2.26. The van der Waals surface area contributed by atoms with E-state index in [0.717, 1.165) is 50.3 Å². The lowest BCUT2D eigenvalue weighted by atomic mass is 10.3. The molecule has 128 valence electrons. The van der Waals surface area contributed by atoms with Gasteiger partial charge >= 0.3 is 0 Å². The van der Waals surface area contributed by atoms with Gasteiger partial charge in [0.2, 0.25) is 0 Å². The molecule has 2 aliphatic heterocycles. The van der Waals surface area contributed by atoms with Gasteiger partial charge in [-0.25, -0.2) is 0 Å². The fourth-order valence-electron chi connectivity index (χ4n) is 3.33. The van der Waals surface area contributed by atoms with Gasteiger partial charge in [0, 0.05) is 45.0 Å². The third-order valence-corrected chi connectivity index (χ3v) is 6.63. The molecule has 0 spiro atoms. The Bertz CT molecular complexity index is 629. The number of aryl methyl sites for hydroxylation is 1. The highest BCUT2D eigenvalue weighted by Crippen LogP contribution is 2.18. The summed E-state index contributed by atoms with van der Waals surface area (Å²) in [5.41, 5.74) is 2.08. The van der Waals surface area contributed by atoms with Crippen LogP contribution in [-0.4, -0.2) is 66.2 Å². The van der Waals surface area contributed by atoms with E-state index in [-0.39, 0.29) is 0 Å². The Kier molecular flexibility index (Phi) is 5.31. The zero-order chi connectivity index (χ0) is 16.3. The monoisotopic (exact) mass is 338 g/mol. The predicted octanol–water partition coefficient (Wildman–Crippen LogP) is 1.24. The highest BCUT2D eigenvalue weighted by molar-refractivity contribution is 7.86. The van der Waals surface area contributed by atoms with Gasteiger partial charge in [-0.3, -0.25) is 9.88 Å². The lowest BCUT2D eigenvalue weighted by Crippen LogP contribution is -2.44. The Balaban J connectivity index is 1.60. The van der Waals surface area contributed by atoms with Gasteiger partial charge in [-0.1, -0.05) is 6.07 Å². The van der Waals surface area contributed by atoms with Gasteiger partial charge < -0.3 is 0 Å². The maximum absolute atomic E-state index is 12.7. The van der Waals surface area contributed by atoms with E-state index in [0.29, 0.717) is 26.2 Å². The van der Waals surface area contributed by atoms with Gasteiger partial charge in [-0.15, -0.1) is 0 Å². The van der Waals surface area contributed by atoms with Crippen LogP contribution in [-0.2, 0) is 16.8 Å². The molecule has 1 aromatic heterocycles. The Morgan fingerprint density at radius 2 is 1.65 bits per heavy atom. The first kappa shape index (κ1) is 16.8. The van der Waals surface area contributed by atoms with Gasteiger partial charge in [0.15, 0.2) is 0 Å². The molecular weight excluding hydrogens is 312 g/mol. The zero-order valence-electron chi connectivity index (χ0n) is 13.8. The summed E-state index contributed by atoms with van der Waals surface area (Å²) >= 11 is 0. The molecule has 0 unspecified atom stereocenters. The van der Waals surface area contributed by atoms with Gasteiger partial charge in [0.25, 0.3) is 10.2 Å². The summed E-state index contributed by atoms with van der Waals surface area (Å²) in [6, 6.07) is 6.06. The number of hydrogen-bond donors (Lipinski definition) is 0. The van der Waals surface area contributed by atoms with Crippen LogP contribution in [0.3, 0.4) is 0 Å². The van der Waals surface area contributed by atoms with Crippen molar-refractivity contribution in [3.8, 4) is 0 Å². The van der Waals surface area contributed by atoms with E-state index in [1.165, 1.54) is 0 Å². The first-order valence-electron chi connectivity index (χ1n) is 8.46. The maximum atomic E-state index is 12.7. The first-order valence-corrected chi connectivity index (χ1v) is 9.85. The molecule has 7 heteroatoms. The average Bonchev–Trinajstić information content (AvgIpc) is 2.96. The third-order valence-electron chi connectivity index (χ3n) is 4.60. The second-order valence-electron chi connectivity index (χ2n) is 6.41. The molecule has 2 saturated heterocycles. The summed E-state index contributed by atoms with van der Waals surface area (Å²) in [7, 11) is -3.26. The minimum atomic E-state index is -3.26. The minimum absolute atomic E-state index is 0.574. The smallest absolute Gasteiger partial charge is 0.282 e. The van der Waals surface area contributed by atoms with E-state index >= 15 is 0 Å². The van der Waals surface area contributed by atoms with E-state index in [1.807, 2.05) is 25.1 Å². The number of nitrogens with zero attached hydrogens (tertiary/aromatic N) is 4. The fourth-order valence-corrected chi connectivity index (χ4v) is 5.05. The molecule has 3 rings (SSSR count). The summed E-state index contributed by atoms with van der Waals surface area (Å²) in [5, 5.41) is 0. The third kappa shape index (κ3) is 4.09. The average molecular weight is 338 g/mol. The van der Waals surface area contributed by atoms with Crippen LogP contribution in [0, 0.1) is 6.92 Å². The van der Waals surface area contributed by atoms with Crippen molar-refractivity contribution in [1.82, 2.24) is 18.5 Å². The molecule has 0 radical (unpaired) electrons. The standard InChI is InChI=1S/C16H26N4O2S/c1-15-6-4-7-16(17-15)14-18-8-5-11-20(13-12-18)23(21,22)19-9-2-3-10-19/h4,6-7H,2-3,5,8-14H2,1H3. The Morgan fingerprint density at radius 3 is 2.39 bits per heavy atom. The molecule has 0 aliphatic carbocycles. The Morgan fingerprint density at radius 1 is 0.957 bits per heavy atom. The van der Waals surface area contributed by atoms with Crippen LogP contribution in [0.4, 0.5) is 0 Å². The van der Waals surface area contributed by atoms with Crippen LogP contribution in [0.5, 0.6) is 0 Å². The molecule has 23 heavy (non-hydrogen) atoms. The number of hydrogen-bond acceptors (Lipinski definition) is 4. The van der Waals surface area contributed by atoms with Crippen molar-refractivity contribution in [2.45, 2.75) is 32.7 Å². The van der Waals surface area contributed by atoms with Gasteiger partial charge in [-0.2, -0.15) is 17.0 Å². The topological polar surface area (TPSA) is 56.8 Å². The molecular formula is C16H26N4O2S. The van der Waals surface area contributed by atoms with Crippen LogP contribution in [0.1, 0.15) is 30.7 Å². The van der Waals surface area contributed by atoms with Crippen molar-refractivity contribution >= 4 is 10.2 Å². The Labute approximate surface area is 139 Å². The molecule has 1 aromatic rings. The van der Waals surface area contributed by atoms with Crippen molar-refractivity contribution < 1.29 is 8.42 Å². The number of pyridine rings is 1. The van der Waals surface area contributed by atoms with Crippen LogP contribution >= 0.6 is 0 Å². The van der Waals surface area contributed by atoms with E-state index in [2.05, 4.69) is 9.88 Å². The summed E-state index contributed by atoms with van der Waals surface area (Å²) < 4.78 is 28.7. The molecule has 0 amide bonds. The summed E-state index contributed by atoms with van der Waals surface area (Å²) in [6.45, 7) is 7.02.